The third-order valence-electron chi connectivity index (χ3n) is 5.21. The van der Waals surface area contributed by atoms with E-state index in [-0.39, 0.29) is 12.2 Å². The number of benzene rings is 2. The van der Waals surface area contributed by atoms with Gasteiger partial charge in [0, 0.05) is 17.1 Å². The molecule has 3 rings (SSSR count). The molecule has 0 amide bonds. The second-order valence-corrected chi connectivity index (χ2v) is 7.18. The van der Waals surface area contributed by atoms with Crippen LogP contribution in [0.2, 0.25) is 0 Å². The number of esters is 2. The van der Waals surface area contributed by atoms with Crippen LogP contribution in [0.5, 0.6) is 11.5 Å². The molecule has 0 N–H and O–H groups in total. The second-order valence-electron chi connectivity index (χ2n) is 7.18. The molecule has 0 radical (unpaired) electrons. The zero-order valence-electron chi connectivity index (χ0n) is 17.9. The molecule has 1 aliphatic heterocycles. The average Bonchev–Trinajstić information content (AvgIpc) is 2.77. The molecule has 158 valence electrons. The van der Waals surface area contributed by atoms with Crippen molar-refractivity contribution in [3.05, 3.63) is 65.2 Å². The van der Waals surface area contributed by atoms with Gasteiger partial charge in [-0.1, -0.05) is 44.2 Å². The van der Waals surface area contributed by atoms with Gasteiger partial charge in [0.1, 0.15) is 17.1 Å². The van der Waals surface area contributed by atoms with Crippen LogP contribution in [-0.2, 0) is 19.1 Å². The van der Waals surface area contributed by atoms with E-state index in [4.69, 9.17) is 18.9 Å². The Morgan fingerprint density at radius 1 is 1.03 bits per heavy atom. The molecule has 1 heterocycles. The number of hydrogen-bond donors (Lipinski definition) is 0. The van der Waals surface area contributed by atoms with E-state index in [0.717, 1.165) is 5.56 Å². The lowest BCUT2D eigenvalue weighted by atomic mass is 9.75. The lowest BCUT2D eigenvalue weighted by Gasteiger charge is -2.41. The molecule has 2 aromatic rings. The number of carbonyl (C=O) groups is 2. The summed E-state index contributed by atoms with van der Waals surface area (Å²) >= 11 is 0. The maximum absolute atomic E-state index is 13.3. The lowest BCUT2D eigenvalue weighted by molar-refractivity contribution is -0.165. The van der Waals surface area contributed by atoms with E-state index >= 15 is 0 Å². The van der Waals surface area contributed by atoms with Crippen LogP contribution in [-0.4, -0.2) is 38.4 Å². The molecule has 0 bridgehead atoms. The number of hydrogen-bond acceptors (Lipinski definition) is 6. The normalized spacial score (nSPS) is 17.8. The molecule has 2 aromatic carbocycles. The van der Waals surface area contributed by atoms with Crippen LogP contribution >= 0.6 is 0 Å². The van der Waals surface area contributed by atoms with Crippen LogP contribution in [0.4, 0.5) is 0 Å². The Kier molecular flexibility index (Phi) is 6.15. The quantitative estimate of drug-likeness (QED) is 0.670. The number of methoxy groups -OCH3 is 2. The Bertz CT molecular complexity index is 973. The van der Waals surface area contributed by atoms with E-state index in [0.29, 0.717) is 22.6 Å². The first-order valence-electron chi connectivity index (χ1n) is 9.83. The van der Waals surface area contributed by atoms with Gasteiger partial charge in [-0.3, -0.25) is 0 Å². The van der Waals surface area contributed by atoms with Crippen LogP contribution in [0.1, 0.15) is 31.9 Å². The van der Waals surface area contributed by atoms with Gasteiger partial charge in [0.25, 0.3) is 0 Å². The molecule has 0 unspecified atom stereocenters. The van der Waals surface area contributed by atoms with E-state index in [1.807, 2.05) is 44.2 Å². The molecule has 6 nitrogen and oxygen atoms in total. The second kappa shape index (κ2) is 8.61. The fourth-order valence-electron chi connectivity index (χ4n) is 3.74. The molecule has 0 saturated heterocycles. The molecule has 0 aliphatic carbocycles. The van der Waals surface area contributed by atoms with E-state index in [1.165, 1.54) is 7.11 Å². The van der Waals surface area contributed by atoms with Gasteiger partial charge in [-0.05, 0) is 30.7 Å². The molecule has 6 heteroatoms. The van der Waals surface area contributed by atoms with Crippen molar-refractivity contribution >= 4 is 17.5 Å². The summed E-state index contributed by atoms with van der Waals surface area (Å²) in [5.74, 6) is -0.497. The van der Waals surface area contributed by atoms with Crippen LogP contribution in [0.15, 0.2) is 54.1 Å². The highest BCUT2D eigenvalue weighted by Crippen LogP contribution is 2.48. The Balaban J connectivity index is 2.42. The van der Waals surface area contributed by atoms with E-state index < -0.39 is 23.5 Å². The summed E-state index contributed by atoms with van der Waals surface area (Å²) in [4.78, 5) is 26.4. The Morgan fingerprint density at radius 2 is 1.70 bits per heavy atom. The number of ether oxygens (including phenoxy) is 4. The predicted octanol–water partition coefficient (Wildman–Crippen LogP) is 4.02. The van der Waals surface area contributed by atoms with E-state index in [2.05, 4.69) is 0 Å². The van der Waals surface area contributed by atoms with Crippen molar-refractivity contribution in [2.75, 3.05) is 20.8 Å². The predicted molar refractivity (Wildman–Crippen MR) is 112 cm³/mol. The highest BCUT2D eigenvalue weighted by Gasteiger charge is 2.56. The fourth-order valence-corrected chi connectivity index (χ4v) is 3.74. The average molecular weight is 410 g/mol. The van der Waals surface area contributed by atoms with Crippen molar-refractivity contribution in [2.24, 2.45) is 5.92 Å². The maximum Gasteiger partial charge on any atom is 0.355 e. The first-order valence-corrected chi connectivity index (χ1v) is 9.83. The third-order valence-corrected chi connectivity index (χ3v) is 5.21. The molecule has 0 saturated carbocycles. The molecule has 0 spiro atoms. The largest absolute Gasteiger partial charge is 0.497 e. The molecule has 30 heavy (non-hydrogen) atoms. The van der Waals surface area contributed by atoms with Crippen molar-refractivity contribution in [2.45, 2.75) is 26.4 Å². The molecule has 0 aromatic heterocycles. The number of fused-ring (bicyclic) bond motifs is 1. The monoisotopic (exact) mass is 410 g/mol. The summed E-state index contributed by atoms with van der Waals surface area (Å²) in [6.45, 7) is 5.51. The first kappa shape index (κ1) is 21.4. The zero-order valence-corrected chi connectivity index (χ0v) is 17.9. The maximum atomic E-state index is 13.3. The van der Waals surface area contributed by atoms with Gasteiger partial charge in [0.15, 0.2) is 0 Å². The van der Waals surface area contributed by atoms with Crippen molar-refractivity contribution < 1.29 is 28.5 Å². The van der Waals surface area contributed by atoms with Gasteiger partial charge in [-0.15, -0.1) is 0 Å². The van der Waals surface area contributed by atoms with Gasteiger partial charge < -0.3 is 18.9 Å². The summed E-state index contributed by atoms with van der Waals surface area (Å²) in [5, 5.41) is 0. The van der Waals surface area contributed by atoms with Crippen molar-refractivity contribution in [1.82, 2.24) is 0 Å². The number of para-hydroxylation sites is 1. The van der Waals surface area contributed by atoms with Crippen molar-refractivity contribution in [3.8, 4) is 11.5 Å². The van der Waals surface area contributed by atoms with Gasteiger partial charge in [-0.25, -0.2) is 9.59 Å². The minimum Gasteiger partial charge on any atom is -0.497 e. The van der Waals surface area contributed by atoms with Gasteiger partial charge in [0.2, 0.25) is 5.60 Å². The molecular formula is C24H26O6. The number of carbonyl (C=O) groups excluding carboxylic acids is 2. The van der Waals surface area contributed by atoms with Gasteiger partial charge >= 0.3 is 11.9 Å². The summed E-state index contributed by atoms with van der Waals surface area (Å²) < 4.78 is 22.0. The standard InChI is InChI=1S/C24H26O6/c1-6-29-23(26)24(15(2)3)21(22(25)28-5)20(16-11-13-17(27-4)14-12-16)18-9-7-8-10-19(18)30-24/h7-15H,6H2,1-5H3/t24-/m0/s1. The Hall–Kier alpha value is -3.28. The molecule has 1 atom stereocenters. The molecule has 1 aliphatic rings. The minimum absolute atomic E-state index is 0.127. The van der Waals surface area contributed by atoms with Crippen molar-refractivity contribution in [3.63, 3.8) is 0 Å². The third kappa shape index (κ3) is 3.43. The fraction of sp³-hybridized carbons (Fsp3) is 0.333. The molecule has 0 fully saturated rings. The van der Waals surface area contributed by atoms with Crippen LogP contribution in [0, 0.1) is 5.92 Å². The van der Waals surface area contributed by atoms with Crippen molar-refractivity contribution in [1.29, 1.82) is 0 Å². The van der Waals surface area contributed by atoms with Gasteiger partial charge in [0.05, 0.1) is 20.8 Å². The summed E-state index contributed by atoms with van der Waals surface area (Å²) in [5.41, 5.74) is 0.493. The first-order chi connectivity index (χ1) is 14.4. The topological polar surface area (TPSA) is 71.1 Å². The smallest absolute Gasteiger partial charge is 0.355 e. The zero-order chi connectivity index (χ0) is 21.9. The summed E-state index contributed by atoms with van der Waals surface area (Å²) in [6.07, 6.45) is 0. The highest BCUT2D eigenvalue weighted by molar-refractivity contribution is 6.11. The van der Waals surface area contributed by atoms with Crippen LogP contribution < -0.4 is 9.47 Å². The number of rotatable bonds is 6. The SMILES string of the molecule is CCOC(=O)[C@@]1(C(C)C)Oc2ccccc2C(c2ccc(OC)cc2)=C1C(=O)OC. The van der Waals surface area contributed by atoms with Gasteiger partial charge in [-0.2, -0.15) is 0 Å². The highest BCUT2D eigenvalue weighted by atomic mass is 16.6. The summed E-state index contributed by atoms with van der Waals surface area (Å²) in [6, 6.07) is 14.6. The van der Waals surface area contributed by atoms with E-state index in [1.54, 1.807) is 32.2 Å². The molecular weight excluding hydrogens is 384 g/mol. The Morgan fingerprint density at radius 3 is 2.27 bits per heavy atom. The Labute approximate surface area is 176 Å². The summed E-state index contributed by atoms with van der Waals surface area (Å²) in [7, 11) is 2.88. The minimum atomic E-state index is -1.65. The van der Waals surface area contributed by atoms with Crippen LogP contribution in [0.3, 0.4) is 0 Å². The van der Waals surface area contributed by atoms with E-state index in [9.17, 15) is 9.59 Å². The van der Waals surface area contributed by atoms with Crippen LogP contribution in [0.25, 0.3) is 5.57 Å². The lowest BCUT2D eigenvalue weighted by Crippen LogP contribution is -2.55.